The van der Waals surface area contributed by atoms with Crippen LogP contribution in [0.2, 0.25) is 0 Å². The zero-order valence-electron chi connectivity index (χ0n) is 2.34. The molecule has 0 aliphatic carbocycles. The Morgan fingerprint density at radius 2 is 1.25 bits per heavy atom. The van der Waals surface area contributed by atoms with Crippen molar-refractivity contribution >= 4 is 6.79 Å². The van der Waals surface area contributed by atoms with Gasteiger partial charge in [-0.3, -0.25) is 6.79 Å². The predicted octanol–water partition coefficient (Wildman–Crippen LogP) is -0.0940. The van der Waals surface area contributed by atoms with Gasteiger partial charge < -0.3 is 12.2 Å². The molecule has 0 fully saturated rings. The van der Waals surface area contributed by atoms with Crippen molar-refractivity contribution in [2.45, 2.75) is 0 Å². The summed E-state index contributed by atoms with van der Waals surface area (Å²) in [5, 5.41) is 0. The van der Waals surface area contributed by atoms with Crippen molar-refractivity contribution in [3.8, 4) is 0 Å². The Labute approximate surface area is 39.2 Å². The molecular formula is C2H5ORh. The van der Waals surface area contributed by atoms with Crippen molar-refractivity contribution in [1.29, 1.82) is 0 Å². The summed E-state index contributed by atoms with van der Waals surface area (Å²) in [6.45, 7) is 3.25. The molecular weight excluding hydrogens is 143 g/mol. The van der Waals surface area contributed by atoms with E-state index in [1.807, 2.05) is 0 Å². The normalized spacial score (nSPS) is 1.00. The SMILES string of the molecule is [CH-]=O.[CH3-].[RhH+2]. The van der Waals surface area contributed by atoms with Gasteiger partial charge in [-0.25, -0.2) is 0 Å². The van der Waals surface area contributed by atoms with E-state index in [1.165, 1.54) is 0 Å². The van der Waals surface area contributed by atoms with E-state index in [2.05, 4.69) is 6.79 Å². The van der Waals surface area contributed by atoms with Crippen LogP contribution in [0.4, 0.5) is 0 Å². The summed E-state index contributed by atoms with van der Waals surface area (Å²) >= 11 is 0. The second-order valence-electron chi connectivity index (χ2n) is 0. The molecule has 0 aromatic heterocycles. The third kappa shape index (κ3) is 44.6. The van der Waals surface area contributed by atoms with Crippen LogP contribution in [0.5, 0.6) is 0 Å². The van der Waals surface area contributed by atoms with Crippen molar-refractivity contribution in [3.63, 3.8) is 0 Å². The van der Waals surface area contributed by atoms with E-state index in [1.54, 1.807) is 0 Å². The van der Waals surface area contributed by atoms with E-state index in [4.69, 9.17) is 4.79 Å². The fourth-order valence-electron chi connectivity index (χ4n) is 0. The topological polar surface area (TPSA) is 17.1 Å². The number of hydrogen-bond donors (Lipinski definition) is 0. The van der Waals surface area contributed by atoms with Gasteiger partial charge in [-0.15, -0.1) is 0 Å². The Balaban J connectivity index is -0.00000000500. The van der Waals surface area contributed by atoms with Crippen LogP contribution in [0, 0.1) is 7.43 Å². The quantitative estimate of drug-likeness (QED) is 0.266. The van der Waals surface area contributed by atoms with Gasteiger partial charge in [-0.2, -0.15) is 0 Å². The van der Waals surface area contributed by atoms with Gasteiger partial charge in [0.15, 0.2) is 0 Å². The second-order valence-corrected chi connectivity index (χ2v) is 0. The Morgan fingerprint density at radius 3 is 1.25 bits per heavy atom. The monoisotopic (exact) mass is 148 g/mol. The average molecular weight is 148 g/mol. The first-order valence-corrected chi connectivity index (χ1v) is 0.236. The first-order chi connectivity index (χ1) is 1.00. The second kappa shape index (κ2) is 201. The van der Waals surface area contributed by atoms with Gasteiger partial charge in [0.25, 0.3) is 0 Å². The first kappa shape index (κ1) is 27.8. The van der Waals surface area contributed by atoms with Gasteiger partial charge in [0, 0.05) is 0 Å². The van der Waals surface area contributed by atoms with Gasteiger partial charge in [-0.1, -0.05) is 0 Å². The average Bonchev–Trinajstić information content (AvgIpc) is 1.00. The van der Waals surface area contributed by atoms with Crippen LogP contribution in [0.3, 0.4) is 0 Å². The first-order valence-electron chi connectivity index (χ1n) is 0.236. The van der Waals surface area contributed by atoms with Crippen molar-refractivity contribution in [1.82, 2.24) is 0 Å². The van der Waals surface area contributed by atoms with Gasteiger partial charge in [0.2, 0.25) is 0 Å². The molecule has 0 rings (SSSR count). The zero-order chi connectivity index (χ0) is 2.00. The molecule has 0 aromatic carbocycles. The van der Waals surface area contributed by atoms with E-state index in [0.717, 1.165) is 0 Å². The Kier molecular flexibility index (Phi) is 1400. The molecule has 0 saturated carbocycles. The minimum absolute atomic E-state index is 0. The predicted molar refractivity (Wildman–Crippen MR) is 14.6 cm³/mol. The number of carbonyl (C=O) groups excluding carboxylic acids is 1. The van der Waals surface area contributed by atoms with E-state index in [-0.39, 0.29) is 26.9 Å². The summed E-state index contributed by atoms with van der Waals surface area (Å²) in [6.07, 6.45) is 0. The van der Waals surface area contributed by atoms with Crippen LogP contribution in [-0.4, -0.2) is 6.79 Å². The molecule has 0 spiro atoms. The van der Waals surface area contributed by atoms with E-state index >= 15 is 0 Å². The van der Waals surface area contributed by atoms with Crippen molar-refractivity contribution in [2.24, 2.45) is 0 Å². The third-order valence-electron chi connectivity index (χ3n) is 0. The zero-order valence-corrected chi connectivity index (χ0v) is 4.08. The molecule has 0 aromatic rings. The Hall–Kier alpha value is 0.293. The maximum atomic E-state index is 7.75. The van der Waals surface area contributed by atoms with Gasteiger partial charge >= 0.3 is 19.5 Å². The molecule has 1 radical (unpaired) electrons. The van der Waals surface area contributed by atoms with Gasteiger partial charge in [-0.05, 0) is 0 Å². The molecule has 0 amide bonds. The molecule has 0 aliphatic heterocycles. The molecule has 0 bridgehead atoms. The van der Waals surface area contributed by atoms with Crippen LogP contribution in [0.25, 0.3) is 0 Å². The molecule has 0 N–H and O–H groups in total. The van der Waals surface area contributed by atoms with Crippen molar-refractivity contribution in [3.05, 3.63) is 7.43 Å². The third-order valence-corrected chi connectivity index (χ3v) is 0. The fourth-order valence-corrected chi connectivity index (χ4v) is 0. The van der Waals surface area contributed by atoms with E-state index in [9.17, 15) is 0 Å². The molecule has 0 saturated heterocycles. The van der Waals surface area contributed by atoms with Crippen molar-refractivity contribution < 1.29 is 24.3 Å². The molecule has 28 valence electrons. The standard InChI is InChI=1S/CHO.CH3.Rh.H/c1-2;;;/h1H;1H3;;/q2*-1;+2;. The molecule has 0 heterocycles. The molecule has 2 heteroatoms. The summed E-state index contributed by atoms with van der Waals surface area (Å²) in [5.74, 6) is 0. The van der Waals surface area contributed by atoms with E-state index in [0.29, 0.717) is 0 Å². The van der Waals surface area contributed by atoms with Crippen LogP contribution < -0.4 is 0 Å². The van der Waals surface area contributed by atoms with Crippen LogP contribution >= 0.6 is 0 Å². The summed E-state index contributed by atoms with van der Waals surface area (Å²) < 4.78 is 0. The summed E-state index contributed by atoms with van der Waals surface area (Å²) in [5.41, 5.74) is 0. The molecule has 0 atom stereocenters. The van der Waals surface area contributed by atoms with E-state index < -0.39 is 0 Å². The minimum atomic E-state index is 0. The molecule has 0 aliphatic rings. The number of hydrogen-bond acceptors (Lipinski definition) is 1. The fraction of sp³-hybridized carbons (Fsp3) is 0. The maximum absolute atomic E-state index is 7.75. The summed E-state index contributed by atoms with van der Waals surface area (Å²) in [7, 11) is 0. The Morgan fingerprint density at radius 1 is 1.25 bits per heavy atom. The van der Waals surface area contributed by atoms with Crippen LogP contribution in [0.1, 0.15) is 0 Å². The molecule has 4 heavy (non-hydrogen) atoms. The van der Waals surface area contributed by atoms with Gasteiger partial charge in [0.1, 0.15) is 0 Å². The molecule has 0 unspecified atom stereocenters. The Bertz CT molecular complexity index is 6.00. The summed E-state index contributed by atoms with van der Waals surface area (Å²) in [6, 6.07) is 0. The molecule has 1 nitrogen and oxygen atoms in total. The van der Waals surface area contributed by atoms with Crippen LogP contribution in [0.15, 0.2) is 0 Å². The van der Waals surface area contributed by atoms with Gasteiger partial charge in [0.05, 0.1) is 0 Å². The van der Waals surface area contributed by atoms with Crippen molar-refractivity contribution in [2.75, 3.05) is 0 Å². The number of rotatable bonds is 0. The van der Waals surface area contributed by atoms with Crippen LogP contribution in [-0.2, 0) is 24.3 Å². The summed E-state index contributed by atoms with van der Waals surface area (Å²) in [4.78, 5) is 7.75.